The number of rotatable bonds is 6. The van der Waals surface area contributed by atoms with Crippen LogP contribution in [0.15, 0.2) is 18.3 Å². The monoisotopic (exact) mass is 289 g/mol. The Bertz CT molecular complexity index is 620. The number of hydrogen-bond donors (Lipinski definition) is 1. The van der Waals surface area contributed by atoms with Crippen molar-refractivity contribution in [3.8, 4) is 22.6 Å². The van der Waals surface area contributed by atoms with Crippen molar-refractivity contribution >= 4 is 0 Å². The Kier molecular flexibility index (Phi) is 4.85. The molecule has 0 amide bonds. The van der Waals surface area contributed by atoms with Crippen LogP contribution in [0.4, 0.5) is 0 Å². The van der Waals surface area contributed by atoms with Gasteiger partial charge in [0.05, 0.1) is 19.9 Å². The zero-order valence-electron chi connectivity index (χ0n) is 13.4. The Morgan fingerprint density at radius 2 is 1.81 bits per heavy atom. The van der Waals surface area contributed by atoms with E-state index in [1.807, 2.05) is 30.9 Å². The summed E-state index contributed by atoms with van der Waals surface area (Å²) >= 11 is 0. The molecule has 5 nitrogen and oxygen atoms in total. The minimum absolute atomic E-state index is 0.734. The summed E-state index contributed by atoms with van der Waals surface area (Å²) in [4.78, 5) is 0. The van der Waals surface area contributed by atoms with E-state index in [0.717, 1.165) is 46.8 Å². The van der Waals surface area contributed by atoms with Crippen LogP contribution in [-0.2, 0) is 20.0 Å². The molecule has 114 valence electrons. The third kappa shape index (κ3) is 3.03. The Morgan fingerprint density at radius 1 is 1.14 bits per heavy atom. The van der Waals surface area contributed by atoms with E-state index in [9.17, 15) is 0 Å². The van der Waals surface area contributed by atoms with Gasteiger partial charge >= 0.3 is 0 Å². The maximum Gasteiger partial charge on any atom is 0.161 e. The Balaban J connectivity index is 2.64. The summed E-state index contributed by atoms with van der Waals surface area (Å²) in [5, 5.41) is 7.73. The second kappa shape index (κ2) is 6.63. The highest BCUT2D eigenvalue weighted by molar-refractivity contribution is 5.72. The van der Waals surface area contributed by atoms with Gasteiger partial charge in [-0.15, -0.1) is 0 Å². The Labute approximate surface area is 125 Å². The van der Waals surface area contributed by atoms with Crippen molar-refractivity contribution in [2.24, 2.45) is 7.05 Å². The van der Waals surface area contributed by atoms with Crippen molar-refractivity contribution in [1.29, 1.82) is 0 Å². The summed E-state index contributed by atoms with van der Waals surface area (Å²) < 4.78 is 12.7. The molecular formula is C16H23N3O2. The van der Waals surface area contributed by atoms with E-state index >= 15 is 0 Å². The van der Waals surface area contributed by atoms with Crippen LogP contribution in [0.5, 0.6) is 11.5 Å². The summed E-state index contributed by atoms with van der Waals surface area (Å²) in [6.07, 6.45) is 2.95. The fourth-order valence-electron chi connectivity index (χ4n) is 2.53. The highest BCUT2D eigenvalue weighted by Gasteiger charge is 2.16. The molecule has 1 N–H and O–H groups in total. The van der Waals surface area contributed by atoms with Gasteiger partial charge in [0.25, 0.3) is 0 Å². The first-order chi connectivity index (χ1) is 10.1. The van der Waals surface area contributed by atoms with Gasteiger partial charge in [0.2, 0.25) is 0 Å². The lowest BCUT2D eigenvalue weighted by molar-refractivity contribution is 0.354. The fraction of sp³-hybridized carbons (Fsp3) is 0.438. The quantitative estimate of drug-likeness (QED) is 0.887. The number of aryl methyl sites for hydroxylation is 2. The predicted octanol–water partition coefficient (Wildman–Crippen LogP) is 2.39. The maximum atomic E-state index is 5.44. The molecule has 0 bridgehead atoms. The second-order valence-corrected chi connectivity index (χ2v) is 4.91. The van der Waals surface area contributed by atoms with Gasteiger partial charge in [0.1, 0.15) is 0 Å². The molecule has 0 saturated heterocycles. The van der Waals surface area contributed by atoms with Crippen molar-refractivity contribution in [1.82, 2.24) is 15.1 Å². The van der Waals surface area contributed by atoms with Crippen LogP contribution in [0.2, 0.25) is 0 Å². The van der Waals surface area contributed by atoms with Gasteiger partial charge in [0, 0.05) is 25.4 Å². The van der Waals surface area contributed by atoms with Crippen LogP contribution < -0.4 is 14.8 Å². The molecule has 0 fully saturated rings. The zero-order valence-corrected chi connectivity index (χ0v) is 13.4. The molecule has 0 aliphatic rings. The predicted molar refractivity (Wildman–Crippen MR) is 83.9 cm³/mol. The third-order valence-electron chi connectivity index (χ3n) is 3.51. The molecule has 0 saturated carbocycles. The van der Waals surface area contributed by atoms with Crippen molar-refractivity contribution in [2.75, 3.05) is 21.3 Å². The van der Waals surface area contributed by atoms with E-state index in [1.54, 1.807) is 14.2 Å². The topological polar surface area (TPSA) is 48.3 Å². The number of methoxy groups -OCH3 is 2. The van der Waals surface area contributed by atoms with E-state index in [-0.39, 0.29) is 0 Å². The molecule has 0 spiro atoms. The number of hydrogen-bond acceptors (Lipinski definition) is 4. The van der Waals surface area contributed by atoms with Crippen LogP contribution >= 0.6 is 0 Å². The van der Waals surface area contributed by atoms with Crippen LogP contribution in [0.3, 0.4) is 0 Å². The second-order valence-electron chi connectivity index (χ2n) is 4.91. The van der Waals surface area contributed by atoms with Crippen molar-refractivity contribution in [3.63, 3.8) is 0 Å². The van der Waals surface area contributed by atoms with Crippen LogP contribution in [0.1, 0.15) is 18.2 Å². The lowest BCUT2D eigenvalue weighted by Crippen LogP contribution is -2.07. The van der Waals surface area contributed by atoms with Gasteiger partial charge in [-0.05, 0) is 36.7 Å². The molecule has 0 aliphatic heterocycles. The van der Waals surface area contributed by atoms with E-state index in [1.165, 1.54) is 0 Å². The van der Waals surface area contributed by atoms with E-state index in [4.69, 9.17) is 9.47 Å². The number of aromatic nitrogens is 2. The lowest BCUT2D eigenvalue weighted by Gasteiger charge is -2.15. The van der Waals surface area contributed by atoms with E-state index in [0.29, 0.717) is 0 Å². The van der Waals surface area contributed by atoms with E-state index < -0.39 is 0 Å². The largest absolute Gasteiger partial charge is 0.493 e. The SMILES string of the molecule is CCc1nn(C)cc1-c1cc(OC)c(OC)cc1CNC. The zero-order chi connectivity index (χ0) is 15.4. The molecule has 0 aliphatic carbocycles. The normalized spacial score (nSPS) is 10.7. The molecule has 1 aromatic heterocycles. The smallest absolute Gasteiger partial charge is 0.161 e. The van der Waals surface area contributed by atoms with Gasteiger partial charge in [-0.3, -0.25) is 4.68 Å². The molecule has 2 rings (SSSR count). The van der Waals surface area contributed by atoms with Gasteiger partial charge in [-0.2, -0.15) is 5.10 Å². The summed E-state index contributed by atoms with van der Waals surface area (Å²) in [5.41, 5.74) is 4.53. The van der Waals surface area contributed by atoms with E-state index in [2.05, 4.69) is 23.5 Å². The third-order valence-corrected chi connectivity index (χ3v) is 3.51. The molecule has 5 heteroatoms. The van der Waals surface area contributed by atoms with Gasteiger partial charge in [0.15, 0.2) is 11.5 Å². The number of nitrogens with one attached hydrogen (secondary N) is 1. The highest BCUT2D eigenvalue weighted by Crippen LogP contribution is 2.36. The number of ether oxygens (including phenoxy) is 2. The molecule has 2 aromatic rings. The summed E-state index contributed by atoms with van der Waals surface area (Å²) in [6, 6.07) is 4.05. The maximum absolute atomic E-state index is 5.44. The Hall–Kier alpha value is -2.01. The molecule has 1 heterocycles. The molecule has 1 aromatic carbocycles. The summed E-state index contributed by atoms with van der Waals surface area (Å²) in [7, 11) is 7.19. The minimum Gasteiger partial charge on any atom is -0.493 e. The van der Waals surface area contributed by atoms with Crippen LogP contribution in [-0.4, -0.2) is 31.0 Å². The fourth-order valence-corrected chi connectivity index (χ4v) is 2.53. The van der Waals surface area contributed by atoms with Crippen LogP contribution in [0, 0.1) is 0 Å². The lowest BCUT2D eigenvalue weighted by atomic mass is 9.98. The molecule has 21 heavy (non-hydrogen) atoms. The molecule has 0 radical (unpaired) electrons. The number of nitrogens with zero attached hydrogens (tertiary/aromatic N) is 2. The van der Waals surface area contributed by atoms with Gasteiger partial charge in [-0.25, -0.2) is 0 Å². The first-order valence-corrected chi connectivity index (χ1v) is 7.06. The van der Waals surface area contributed by atoms with Crippen molar-refractivity contribution in [2.45, 2.75) is 19.9 Å². The standard InChI is InChI=1S/C16H23N3O2/c1-6-14-13(10-19(3)18-14)12-8-16(21-5)15(20-4)7-11(12)9-17-2/h7-8,10,17H,6,9H2,1-5H3. The van der Waals surface area contributed by atoms with Gasteiger partial charge in [-0.1, -0.05) is 6.92 Å². The first kappa shape index (κ1) is 15.4. The molecule has 0 atom stereocenters. The minimum atomic E-state index is 0.734. The molecular weight excluding hydrogens is 266 g/mol. The first-order valence-electron chi connectivity index (χ1n) is 7.06. The van der Waals surface area contributed by atoms with Crippen LogP contribution in [0.25, 0.3) is 11.1 Å². The Morgan fingerprint density at radius 3 is 2.38 bits per heavy atom. The summed E-state index contributed by atoms with van der Waals surface area (Å²) in [6.45, 7) is 2.87. The number of benzene rings is 1. The molecule has 0 unspecified atom stereocenters. The van der Waals surface area contributed by atoms with Crippen molar-refractivity contribution in [3.05, 3.63) is 29.6 Å². The average molecular weight is 289 g/mol. The average Bonchev–Trinajstić information content (AvgIpc) is 2.87. The van der Waals surface area contributed by atoms with Gasteiger partial charge < -0.3 is 14.8 Å². The van der Waals surface area contributed by atoms with Crippen molar-refractivity contribution < 1.29 is 9.47 Å². The highest BCUT2D eigenvalue weighted by atomic mass is 16.5. The summed E-state index contributed by atoms with van der Waals surface area (Å²) in [5.74, 6) is 1.48.